The number of carbonyl (C=O) groups excluding carboxylic acids is 1. The number of morpholine rings is 1. The average molecular weight is 255 g/mol. The molecule has 0 bridgehead atoms. The van der Waals surface area contributed by atoms with E-state index in [0.717, 1.165) is 19.4 Å². The second-order valence-corrected chi connectivity index (χ2v) is 4.68. The maximum Gasteiger partial charge on any atom is 0.153 e. The second kappa shape index (κ2) is 5.02. The van der Waals surface area contributed by atoms with Gasteiger partial charge in [-0.25, -0.2) is 4.98 Å². The van der Waals surface area contributed by atoms with E-state index >= 15 is 0 Å². The lowest BCUT2D eigenvalue weighted by Crippen LogP contribution is -2.46. The van der Waals surface area contributed by atoms with Gasteiger partial charge in [-0.05, 0) is 19.9 Å². The van der Waals surface area contributed by atoms with Gasteiger partial charge in [-0.1, -0.05) is 11.6 Å². The predicted octanol–water partition coefficient (Wildman–Crippen LogP) is 2.16. The van der Waals surface area contributed by atoms with E-state index in [4.69, 9.17) is 16.3 Å². The van der Waals surface area contributed by atoms with Crippen LogP contribution in [-0.2, 0) is 4.74 Å². The summed E-state index contributed by atoms with van der Waals surface area (Å²) < 4.78 is 5.66. The number of aldehydes is 1. The number of anilines is 1. The Morgan fingerprint density at radius 2 is 2.12 bits per heavy atom. The van der Waals surface area contributed by atoms with E-state index in [0.29, 0.717) is 16.4 Å². The lowest BCUT2D eigenvalue weighted by atomic mass is 10.1. The number of ether oxygens (including phenoxy) is 1. The van der Waals surface area contributed by atoms with Crippen molar-refractivity contribution in [2.24, 2.45) is 0 Å². The maximum atomic E-state index is 11.0. The normalized spacial score (nSPS) is 24.8. The van der Waals surface area contributed by atoms with Crippen molar-refractivity contribution in [3.8, 4) is 0 Å². The van der Waals surface area contributed by atoms with E-state index in [-0.39, 0.29) is 12.2 Å². The highest BCUT2D eigenvalue weighted by Crippen LogP contribution is 2.29. The molecule has 1 aliphatic rings. The number of halogens is 1. The van der Waals surface area contributed by atoms with Crippen LogP contribution in [0, 0.1) is 0 Å². The molecule has 1 aromatic heterocycles. The zero-order chi connectivity index (χ0) is 12.4. The summed E-state index contributed by atoms with van der Waals surface area (Å²) in [6, 6.07) is 1.68. The molecule has 0 saturated carbocycles. The van der Waals surface area contributed by atoms with E-state index in [1.165, 1.54) is 0 Å². The summed E-state index contributed by atoms with van der Waals surface area (Å²) in [5.41, 5.74) is 1.29. The van der Waals surface area contributed by atoms with Crippen molar-refractivity contribution in [3.05, 3.63) is 23.0 Å². The number of carbonyl (C=O) groups is 1. The van der Waals surface area contributed by atoms with E-state index in [9.17, 15) is 4.79 Å². The molecule has 2 atom stereocenters. The fraction of sp³-hybridized carbons (Fsp3) is 0.500. The summed E-state index contributed by atoms with van der Waals surface area (Å²) in [6.07, 6.45) is 2.60. The number of rotatable bonds is 2. The van der Waals surface area contributed by atoms with Gasteiger partial charge in [-0.2, -0.15) is 0 Å². The summed E-state index contributed by atoms with van der Waals surface area (Å²) >= 11 is 6.08. The van der Waals surface area contributed by atoms with Crippen LogP contribution in [0.4, 0.5) is 5.69 Å². The van der Waals surface area contributed by atoms with Gasteiger partial charge in [0.2, 0.25) is 0 Å². The highest BCUT2D eigenvalue weighted by atomic mass is 35.5. The smallest absolute Gasteiger partial charge is 0.153 e. The Balaban J connectivity index is 2.35. The van der Waals surface area contributed by atoms with Crippen LogP contribution in [0.25, 0.3) is 0 Å². The SMILES string of the molecule is CC1CN(c2c(C=O)ccnc2Cl)CC(C)O1. The molecule has 2 heterocycles. The molecule has 1 saturated heterocycles. The summed E-state index contributed by atoms with van der Waals surface area (Å²) in [7, 11) is 0. The predicted molar refractivity (Wildman–Crippen MR) is 66.9 cm³/mol. The van der Waals surface area contributed by atoms with Gasteiger partial charge in [0.05, 0.1) is 17.9 Å². The van der Waals surface area contributed by atoms with Crippen molar-refractivity contribution in [1.29, 1.82) is 0 Å². The molecule has 1 fully saturated rings. The molecule has 0 aromatic carbocycles. The first kappa shape index (κ1) is 12.3. The third kappa shape index (κ3) is 2.58. The minimum absolute atomic E-state index is 0.120. The molecule has 92 valence electrons. The highest BCUT2D eigenvalue weighted by Gasteiger charge is 2.25. The number of nitrogens with zero attached hydrogens (tertiary/aromatic N) is 2. The molecule has 5 heteroatoms. The molecular weight excluding hydrogens is 240 g/mol. The van der Waals surface area contributed by atoms with Crippen LogP contribution in [0.1, 0.15) is 24.2 Å². The molecule has 1 aromatic rings. The molecule has 0 radical (unpaired) electrons. The van der Waals surface area contributed by atoms with Crippen LogP contribution in [-0.4, -0.2) is 36.6 Å². The number of pyridine rings is 1. The van der Waals surface area contributed by atoms with Gasteiger partial charge in [0, 0.05) is 24.8 Å². The third-order valence-corrected chi connectivity index (χ3v) is 3.05. The van der Waals surface area contributed by atoms with Crippen LogP contribution in [0.15, 0.2) is 12.3 Å². The molecule has 0 N–H and O–H groups in total. The summed E-state index contributed by atoms with van der Waals surface area (Å²) in [5.74, 6) is 0. The van der Waals surface area contributed by atoms with Crippen LogP contribution >= 0.6 is 11.6 Å². The minimum atomic E-state index is 0.120. The molecule has 2 rings (SSSR count). The Bertz CT molecular complexity index is 415. The van der Waals surface area contributed by atoms with Crippen molar-refractivity contribution < 1.29 is 9.53 Å². The van der Waals surface area contributed by atoms with Crippen molar-refractivity contribution in [1.82, 2.24) is 4.98 Å². The maximum absolute atomic E-state index is 11.0. The largest absolute Gasteiger partial charge is 0.372 e. The van der Waals surface area contributed by atoms with Gasteiger partial charge < -0.3 is 9.64 Å². The quantitative estimate of drug-likeness (QED) is 0.599. The summed E-state index contributed by atoms with van der Waals surface area (Å²) in [6.45, 7) is 5.45. The first-order valence-electron chi connectivity index (χ1n) is 5.62. The van der Waals surface area contributed by atoms with Gasteiger partial charge in [0.15, 0.2) is 11.4 Å². The van der Waals surface area contributed by atoms with Crippen LogP contribution < -0.4 is 4.90 Å². The molecule has 0 amide bonds. The fourth-order valence-corrected chi connectivity index (χ4v) is 2.50. The zero-order valence-electron chi connectivity index (χ0n) is 9.89. The van der Waals surface area contributed by atoms with Gasteiger partial charge >= 0.3 is 0 Å². The first-order valence-corrected chi connectivity index (χ1v) is 5.99. The van der Waals surface area contributed by atoms with Crippen LogP contribution in [0.5, 0.6) is 0 Å². The Kier molecular flexibility index (Phi) is 3.64. The van der Waals surface area contributed by atoms with E-state index in [1.54, 1.807) is 12.3 Å². The van der Waals surface area contributed by atoms with Crippen molar-refractivity contribution >= 4 is 23.6 Å². The van der Waals surface area contributed by atoms with Crippen LogP contribution in [0.2, 0.25) is 5.15 Å². The zero-order valence-corrected chi connectivity index (χ0v) is 10.6. The lowest BCUT2D eigenvalue weighted by Gasteiger charge is -2.37. The van der Waals surface area contributed by atoms with Gasteiger partial charge in [-0.3, -0.25) is 4.79 Å². The van der Waals surface area contributed by atoms with Gasteiger partial charge in [0.25, 0.3) is 0 Å². The Morgan fingerprint density at radius 3 is 2.71 bits per heavy atom. The molecule has 17 heavy (non-hydrogen) atoms. The summed E-state index contributed by atoms with van der Waals surface area (Å²) in [5, 5.41) is 0.371. The van der Waals surface area contributed by atoms with Crippen LogP contribution in [0.3, 0.4) is 0 Å². The van der Waals surface area contributed by atoms with E-state index in [1.807, 2.05) is 13.8 Å². The Morgan fingerprint density at radius 1 is 1.47 bits per heavy atom. The monoisotopic (exact) mass is 254 g/mol. The fourth-order valence-electron chi connectivity index (χ4n) is 2.21. The standard InChI is InChI=1S/C12H15ClN2O2/c1-8-5-15(6-9(2)17-8)11-10(7-16)3-4-14-12(11)13/h3-4,7-9H,5-6H2,1-2H3. The topological polar surface area (TPSA) is 42.4 Å². The van der Waals surface area contributed by atoms with Crippen molar-refractivity contribution in [2.75, 3.05) is 18.0 Å². The van der Waals surface area contributed by atoms with Crippen molar-refractivity contribution in [2.45, 2.75) is 26.1 Å². The molecule has 4 nitrogen and oxygen atoms in total. The Hall–Kier alpha value is -1.13. The van der Waals surface area contributed by atoms with Gasteiger partial charge in [-0.15, -0.1) is 0 Å². The number of hydrogen-bond donors (Lipinski definition) is 0. The molecular formula is C12H15ClN2O2. The molecule has 1 aliphatic heterocycles. The first-order chi connectivity index (χ1) is 8.11. The Labute approximate surface area is 106 Å². The average Bonchev–Trinajstić information content (AvgIpc) is 2.27. The molecule has 0 spiro atoms. The third-order valence-electron chi connectivity index (χ3n) is 2.77. The highest BCUT2D eigenvalue weighted by molar-refractivity contribution is 6.32. The minimum Gasteiger partial charge on any atom is -0.372 e. The number of hydrogen-bond acceptors (Lipinski definition) is 4. The molecule has 0 aliphatic carbocycles. The summed E-state index contributed by atoms with van der Waals surface area (Å²) in [4.78, 5) is 17.1. The van der Waals surface area contributed by atoms with Crippen molar-refractivity contribution in [3.63, 3.8) is 0 Å². The second-order valence-electron chi connectivity index (χ2n) is 4.32. The van der Waals surface area contributed by atoms with E-state index < -0.39 is 0 Å². The van der Waals surface area contributed by atoms with E-state index in [2.05, 4.69) is 9.88 Å². The lowest BCUT2D eigenvalue weighted by molar-refractivity contribution is -0.00526. The molecule has 2 unspecified atom stereocenters. The van der Waals surface area contributed by atoms with Gasteiger partial charge in [0.1, 0.15) is 0 Å². The number of aromatic nitrogens is 1.